The van der Waals surface area contributed by atoms with E-state index in [1.807, 2.05) is 0 Å². The summed E-state index contributed by atoms with van der Waals surface area (Å²) in [6, 6.07) is 4.01. The van der Waals surface area contributed by atoms with Crippen molar-refractivity contribution in [2.75, 3.05) is 13.2 Å². The first-order chi connectivity index (χ1) is 11.2. The van der Waals surface area contributed by atoms with Crippen LogP contribution in [0.3, 0.4) is 0 Å². The largest absolute Gasteiger partial charge is 0.377 e. The molecule has 0 spiro atoms. The van der Waals surface area contributed by atoms with Gasteiger partial charge in [0.05, 0.1) is 31.0 Å². The number of aromatic nitrogens is 2. The molecule has 2 aliphatic rings. The van der Waals surface area contributed by atoms with E-state index in [1.54, 1.807) is 22.1 Å². The van der Waals surface area contributed by atoms with E-state index >= 15 is 0 Å². The van der Waals surface area contributed by atoms with Gasteiger partial charge in [-0.2, -0.15) is 5.10 Å². The first-order valence-corrected chi connectivity index (χ1v) is 9.06. The van der Waals surface area contributed by atoms with Crippen molar-refractivity contribution in [2.24, 2.45) is 0 Å². The van der Waals surface area contributed by atoms with Gasteiger partial charge in [-0.3, -0.25) is 4.79 Å². The molecule has 0 aromatic carbocycles. The van der Waals surface area contributed by atoms with Crippen LogP contribution in [0.1, 0.15) is 34.2 Å². The van der Waals surface area contributed by atoms with Gasteiger partial charge in [-0.15, -0.1) is 11.3 Å². The number of thiophene rings is 1. The van der Waals surface area contributed by atoms with Crippen LogP contribution in [-0.2, 0) is 24.1 Å². The number of rotatable bonds is 4. The van der Waals surface area contributed by atoms with E-state index in [0.717, 1.165) is 37.1 Å². The quantitative estimate of drug-likeness (QED) is 0.929. The van der Waals surface area contributed by atoms with E-state index < -0.39 is 0 Å². The zero-order valence-corrected chi connectivity index (χ0v) is 14.1. The maximum Gasteiger partial charge on any atom is 0.267 e. The molecule has 1 aliphatic carbocycles. The van der Waals surface area contributed by atoms with Crippen LogP contribution < -0.4 is 10.9 Å². The second-order valence-electron chi connectivity index (χ2n) is 6.37. The van der Waals surface area contributed by atoms with Crippen molar-refractivity contribution in [2.45, 2.75) is 44.8 Å². The molecule has 122 valence electrons. The molecule has 1 fully saturated rings. The number of hydrogen-bond acceptors (Lipinski definition) is 5. The Bertz CT molecular complexity index is 767. The average molecular weight is 331 g/mol. The van der Waals surface area contributed by atoms with Crippen LogP contribution in [-0.4, -0.2) is 29.0 Å². The fourth-order valence-corrected chi connectivity index (χ4v) is 4.30. The predicted octanol–water partition coefficient (Wildman–Crippen LogP) is 1.83. The normalized spacial score (nSPS) is 23.3. The predicted molar refractivity (Wildman–Crippen MR) is 90.1 cm³/mol. The van der Waals surface area contributed by atoms with Gasteiger partial charge in [0.1, 0.15) is 0 Å². The second kappa shape index (κ2) is 6.19. The highest BCUT2D eigenvalue weighted by Gasteiger charge is 2.32. The maximum absolute atomic E-state index is 12.4. The van der Waals surface area contributed by atoms with Crippen LogP contribution in [0.5, 0.6) is 0 Å². The highest BCUT2D eigenvalue weighted by molar-refractivity contribution is 7.10. The molecule has 0 saturated carbocycles. The van der Waals surface area contributed by atoms with Crippen molar-refractivity contribution < 1.29 is 4.74 Å². The highest BCUT2D eigenvalue weighted by atomic mass is 32.1. The van der Waals surface area contributed by atoms with Crippen LogP contribution in [0.25, 0.3) is 0 Å². The van der Waals surface area contributed by atoms with Gasteiger partial charge in [0, 0.05) is 17.5 Å². The van der Waals surface area contributed by atoms with Gasteiger partial charge >= 0.3 is 0 Å². The fraction of sp³-hybridized carbons (Fsp3) is 0.529. The fourth-order valence-electron chi connectivity index (χ4n) is 3.44. The van der Waals surface area contributed by atoms with E-state index in [0.29, 0.717) is 13.2 Å². The van der Waals surface area contributed by atoms with Crippen LogP contribution in [0.4, 0.5) is 0 Å². The third-order valence-electron chi connectivity index (χ3n) is 4.84. The van der Waals surface area contributed by atoms with E-state index in [9.17, 15) is 4.79 Å². The molecule has 0 bridgehead atoms. The summed E-state index contributed by atoms with van der Waals surface area (Å²) in [5.74, 6) is 0. The summed E-state index contributed by atoms with van der Waals surface area (Å²) in [4.78, 5) is 13.8. The molecule has 0 amide bonds. The molecule has 2 aromatic rings. The lowest BCUT2D eigenvalue weighted by Crippen LogP contribution is -2.41. The molecule has 6 heteroatoms. The molecule has 0 radical (unpaired) electrons. The second-order valence-corrected chi connectivity index (χ2v) is 7.37. The molecule has 3 heterocycles. The van der Waals surface area contributed by atoms with Crippen molar-refractivity contribution in [3.63, 3.8) is 0 Å². The monoisotopic (exact) mass is 331 g/mol. The number of fused-ring (bicyclic) bond motifs is 1. The first kappa shape index (κ1) is 15.1. The molecule has 2 aromatic heterocycles. The van der Waals surface area contributed by atoms with Gasteiger partial charge in [-0.25, -0.2) is 4.68 Å². The Morgan fingerprint density at radius 3 is 3.17 bits per heavy atom. The lowest BCUT2D eigenvalue weighted by atomic mass is 10.1. The summed E-state index contributed by atoms with van der Waals surface area (Å²) < 4.78 is 7.29. The summed E-state index contributed by atoms with van der Waals surface area (Å²) in [7, 11) is 0. The van der Waals surface area contributed by atoms with E-state index in [4.69, 9.17) is 4.74 Å². The minimum absolute atomic E-state index is 0.000235. The number of hydrogen-bond donors (Lipinski definition) is 1. The summed E-state index contributed by atoms with van der Waals surface area (Å²) in [5, 5.41) is 10.3. The minimum Gasteiger partial charge on any atom is -0.377 e. The van der Waals surface area contributed by atoms with E-state index in [1.165, 1.54) is 10.4 Å². The molecule has 2 atom stereocenters. The topological polar surface area (TPSA) is 56.1 Å². The first-order valence-electron chi connectivity index (χ1n) is 8.18. The zero-order chi connectivity index (χ0) is 15.8. The summed E-state index contributed by atoms with van der Waals surface area (Å²) in [6.45, 7) is 4.11. The summed E-state index contributed by atoms with van der Waals surface area (Å²) in [5.41, 5.74) is 3.53. The molecular weight excluding hydrogens is 310 g/mol. The Balaban J connectivity index is 1.54. The Morgan fingerprint density at radius 1 is 1.43 bits per heavy atom. The molecule has 1 N–H and O–H groups in total. The maximum atomic E-state index is 12.4. The molecule has 2 unspecified atom stereocenters. The average Bonchev–Trinajstić information content (AvgIpc) is 3.24. The van der Waals surface area contributed by atoms with Crippen LogP contribution in [0, 0.1) is 6.92 Å². The molecule has 23 heavy (non-hydrogen) atoms. The lowest BCUT2D eigenvalue weighted by molar-refractivity contribution is 0.180. The van der Waals surface area contributed by atoms with E-state index in [-0.39, 0.29) is 17.6 Å². The molecule has 1 aliphatic heterocycles. The van der Waals surface area contributed by atoms with Gasteiger partial charge in [-0.05, 0) is 48.8 Å². The standard InChI is InChI=1S/C17H21N3O2S/c1-11-5-6-23-16(11)8-18-14-9-22-10-15(14)20-17(21)7-12-3-2-4-13(12)19-20/h5-7,14-15,18H,2-4,8-10H2,1H3. The highest BCUT2D eigenvalue weighted by Crippen LogP contribution is 2.22. The van der Waals surface area contributed by atoms with Crippen molar-refractivity contribution in [3.8, 4) is 0 Å². The lowest BCUT2D eigenvalue weighted by Gasteiger charge is -2.20. The SMILES string of the molecule is Cc1ccsc1CNC1COCC1n1nc2c(cc1=O)CCC2. The number of ether oxygens (including phenoxy) is 1. The van der Waals surface area contributed by atoms with Crippen molar-refractivity contribution >= 4 is 11.3 Å². The molecule has 5 nitrogen and oxygen atoms in total. The Kier molecular flexibility index (Phi) is 4.05. The summed E-state index contributed by atoms with van der Waals surface area (Å²) in [6.07, 6.45) is 3.07. The minimum atomic E-state index is -0.0198. The molecule has 1 saturated heterocycles. The van der Waals surface area contributed by atoms with Crippen LogP contribution in [0.15, 0.2) is 22.3 Å². The smallest absolute Gasteiger partial charge is 0.267 e. The summed E-state index contributed by atoms with van der Waals surface area (Å²) >= 11 is 1.76. The third-order valence-corrected chi connectivity index (χ3v) is 5.86. The van der Waals surface area contributed by atoms with E-state index in [2.05, 4.69) is 28.8 Å². The number of nitrogens with one attached hydrogen (secondary N) is 1. The Morgan fingerprint density at radius 2 is 2.35 bits per heavy atom. The third kappa shape index (κ3) is 2.86. The van der Waals surface area contributed by atoms with Crippen molar-refractivity contribution in [1.29, 1.82) is 0 Å². The van der Waals surface area contributed by atoms with Crippen molar-refractivity contribution in [1.82, 2.24) is 15.1 Å². The van der Waals surface area contributed by atoms with Gasteiger partial charge in [-0.1, -0.05) is 0 Å². The van der Waals surface area contributed by atoms with Crippen LogP contribution in [0.2, 0.25) is 0 Å². The Hall–Kier alpha value is -1.50. The molecule has 4 rings (SSSR count). The van der Waals surface area contributed by atoms with Crippen LogP contribution >= 0.6 is 11.3 Å². The van der Waals surface area contributed by atoms with Crippen molar-refractivity contribution in [3.05, 3.63) is 49.6 Å². The van der Waals surface area contributed by atoms with Gasteiger partial charge in [0.2, 0.25) is 0 Å². The number of aryl methyl sites for hydroxylation is 3. The van der Waals surface area contributed by atoms with Gasteiger partial charge < -0.3 is 10.1 Å². The molecular formula is C17H21N3O2S. The number of nitrogens with zero attached hydrogens (tertiary/aromatic N) is 2. The zero-order valence-electron chi connectivity index (χ0n) is 13.2. The van der Waals surface area contributed by atoms with Gasteiger partial charge in [0.15, 0.2) is 0 Å². The Labute approximate surface area is 139 Å². The van der Waals surface area contributed by atoms with Gasteiger partial charge in [0.25, 0.3) is 5.56 Å².